The first-order valence-corrected chi connectivity index (χ1v) is 13.1. The first-order chi connectivity index (χ1) is 18.7. The van der Waals surface area contributed by atoms with Gasteiger partial charge in [-0.3, -0.25) is 19.4 Å². The summed E-state index contributed by atoms with van der Waals surface area (Å²) in [6, 6.07) is 9.98. The van der Waals surface area contributed by atoms with Crippen molar-refractivity contribution in [2.75, 3.05) is 66.7 Å². The molecule has 1 heterocycles. The largest absolute Gasteiger partial charge is 0.493 e. The molecule has 1 aliphatic rings. The molecule has 10 heteroatoms. The molecule has 2 N–H and O–H groups in total. The Bertz CT molecular complexity index is 1020. The second-order valence-corrected chi connectivity index (χ2v) is 9.73. The minimum atomic E-state index is -0.697. The molecular weight excluding hydrogens is 504 g/mol. The monoisotopic (exact) mass is 544 g/mol. The summed E-state index contributed by atoms with van der Waals surface area (Å²) in [5, 5.41) is 21.2. The van der Waals surface area contributed by atoms with Crippen molar-refractivity contribution in [1.82, 2.24) is 9.80 Å². The molecule has 0 radical (unpaired) electrons. The molecule has 2 aromatic rings. The molecule has 0 spiro atoms. The van der Waals surface area contributed by atoms with Gasteiger partial charge in [-0.2, -0.15) is 0 Å². The number of aliphatic hydroxyl groups is 2. The number of ketones is 2. The van der Waals surface area contributed by atoms with Crippen LogP contribution >= 0.6 is 0 Å². The average molecular weight is 545 g/mol. The van der Waals surface area contributed by atoms with Crippen LogP contribution in [0.4, 0.5) is 0 Å². The second kappa shape index (κ2) is 14.8. The highest BCUT2D eigenvalue weighted by molar-refractivity contribution is 5.95. The number of hydrogen-bond acceptors (Lipinski definition) is 10. The molecule has 0 saturated carbocycles. The first kappa shape index (κ1) is 30.4. The Kier molecular flexibility index (Phi) is 11.5. The number of Topliss-reactive ketones (excluding diaryl/α,β-unsaturated/α-hetero) is 2. The molecule has 0 bridgehead atoms. The van der Waals surface area contributed by atoms with E-state index in [1.54, 1.807) is 36.4 Å². The minimum absolute atomic E-state index is 0.0594. The van der Waals surface area contributed by atoms with Crippen LogP contribution in [0.3, 0.4) is 0 Å². The van der Waals surface area contributed by atoms with Crippen molar-refractivity contribution in [3.05, 3.63) is 47.5 Å². The van der Waals surface area contributed by atoms with Crippen molar-refractivity contribution in [2.45, 2.75) is 32.5 Å². The lowest BCUT2D eigenvalue weighted by atomic mass is 10.1. The number of carbonyl (C=O) groups excluding carboxylic acids is 2. The Morgan fingerprint density at radius 2 is 1.13 bits per heavy atom. The number of nitrogens with zero attached hydrogens (tertiary/aromatic N) is 2. The smallest absolute Gasteiger partial charge is 0.161 e. The molecule has 1 aliphatic heterocycles. The molecule has 1 fully saturated rings. The number of ether oxygens (including phenoxy) is 4. The van der Waals surface area contributed by atoms with Crippen LogP contribution in [0.25, 0.3) is 0 Å². The third-order valence-corrected chi connectivity index (χ3v) is 6.62. The van der Waals surface area contributed by atoms with E-state index in [2.05, 4.69) is 9.80 Å². The predicted octanol–water partition coefficient (Wildman–Crippen LogP) is 2.30. The molecule has 214 valence electrons. The molecule has 1 saturated heterocycles. The van der Waals surface area contributed by atoms with E-state index < -0.39 is 12.2 Å². The van der Waals surface area contributed by atoms with Gasteiger partial charge in [-0.1, -0.05) is 0 Å². The van der Waals surface area contributed by atoms with Crippen molar-refractivity contribution in [3.8, 4) is 23.0 Å². The summed E-state index contributed by atoms with van der Waals surface area (Å²) in [6.45, 7) is 7.27. The van der Waals surface area contributed by atoms with E-state index in [0.29, 0.717) is 47.2 Å². The van der Waals surface area contributed by atoms with E-state index in [1.807, 2.05) is 0 Å². The molecule has 10 nitrogen and oxygen atoms in total. The van der Waals surface area contributed by atoms with Crippen LogP contribution in [0, 0.1) is 0 Å². The summed E-state index contributed by atoms with van der Waals surface area (Å²) in [6.07, 6.45) is -0.490. The Balaban J connectivity index is 1.42. The number of β-amino-alcohol motifs (C(OH)–C–C–N with tert-alkyl or cyclic N) is 2. The first-order valence-electron chi connectivity index (χ1n) is 13.1. The third kappa shape index (κ3) is 9.21. The number of carbonyl (C=O) groups is 2. The Morgan fingerprint density at radius 3 is 1.49 bits per heavy atom. The highest BCUT2D eigenvalue weighted by atomic mass is 16.5. The van der Waals surface area contributed by atoms with E-state index >= 15 is 0 Å². The summed E-state index contributed by atoms with van der Waals surface area (Å²) in [4.78, 5) is 27.6. The molecule has 2 unspecified atom stereocenters. The summed E-state index contributed by atoms with van der Waals surface area (Å²) >= 11 is 0. The van der Waals surface area contributed by atoms with E-state index in [4.69, 9.17) is 18.9 Å². The zero-order valence-electron chi connectivity index (χ0n) is 23.2. The Morgan fingerprint density at radius 1 is 0.718 bits per heavy atom. The number of methoxy groups -OCH3 is 2. The van der Waals surface area contributed by atoms with Gasteiger partial charge in [-0.25, -0.2) is 0 Å². The van der Waals surface area contributed by atoms with Crippen LogP contribution in [-0.4, -0.2) is 110 Å². The topological polar surface area (TPSA) is 118 Å². The van der Waals surface area contributed by atoms with Gasteiger partial charge in [0.25, 0.3) is 0 Å². The SMILES string of the molecule is COc1cc(C(C)=O)ccc1OCC(O)CN1CCCN(CC(O)COc2ccc(C(C)=O)cc2OC)CC1. The van der Waals surface area contributed by atoms with Gasteiger partial charge in [0.2, 0.25) is 0 Å². The lowest BCUT2D eigenvalue weighted by Crippen LogP contribution is -2.40. The van der Waals surface area contributed by atoms with Crippen molar-refractivity contribution in [1.29, 1.82) is 0 Å². The average Bonchev–Trinajstić information content (AvgIpc) is 3.14. The van der Waals surface area contributed by atoms with Crippen LogP contribution in [0.1, 0.15) is 41.0 Å². The standard InChI is InChI=1S/C29H40N2O8/c1-20(32)22-6-8-26(28(14-22)36-3)38-18-24(34)16-30-10-5-11-31(13-12-30)17-25(35)19-39-27-9-7-23(21(2)33)15-29(27)37-4/h6-9,14-15,24-25,34-35H,5,10-13,16-19H2,1-4H3. The molecule has 2 atom stereocenters. The van der Waals surface area contributed by atoms with Gasteiger partial charge in [-0.05, 0) is 69.8 Å². The maximum Gasteiger partial charge on any atom is 0.161 e. The van der Waals surface area contributed by atoms with Crippen LogP contribution in [0.15, 0.2) is 36.4 Å². The van der Waals surface area contributed by atoms with Gasteiger partial charge in [0.1, 0.15) is 25.4 Å². The fraction of sp³-hybridized carbons (Fsp3) is 0.517. The van der Waals surface area contributed by atoms with E-state index in [-0.39, 0.29) is 24.8 Å². The van der Waals surface area contributed by atoms with Gasteiger partial charge in [0, 0.05) is 37.3 Å². The number of aliphatic hydroxyl groups excluding tert-OH is 2. The van der Waals surface area contributed by atoms with Crippen molar-refractivity contribution >= 4 is 11.6 Å². The van der Waals surface area contributed by atoms with Crippen LogP contribution in [0.2, 0.25) is 0 Å². The highest BCUT2D eigenvalue weighted by Crippen LogP contribution is 2.29. The number of rotatable bonds is 14. The highest BCUT2D eigenvalue weighted by Gasteiger charge is 2.21. The van der Waals surface area contributed by atoms with Crippen LogP contribution < -0.4 is 18.9 Å². The quantitative estimate of drug-likeness (QED) is 0.343. The maximum atomic E-state index is 11.6. The molecule has 0 aliphatic carbocycles. The summed E-state index contributed by atoms with van der Waals surface area (Å²) in [7, 11) is 3.02. The predicted molar refractivity (Wildman–Crippen MR) is 146 cm³/mol. The van der Waals surface area contributed by atoms with Gasteiger partial charge < -0.3 is 29.2 Å². The third-order valence-electron chi connectivity index (χ3n) is 6.62. The maximum absolute atomic E-state index is 11.6. The van der Waals surface area contributed by atoms with Gasteiger partial charge in [0.05, 0.1) is 14.2 Å². The summed E-state index contributed by atoms with van der Waals surface area (Å²) < 4.78 is 22.2. The van der Waals surface area contributed by atoms with Crippen molar-refractivity contribution < 1.29 is 38.7 Å². The lowest BCUT2D eigenvalue weighted by Gasteiger charge is -2.25. The van der Waals surface area contributed by atoms with Crippen molar-refractivity contribution in [3.63, 3.8) is 0 Å². The van der Waals surface area contributed by atoms with Gasteiger partial charge >= 0.3 is 0 Å². The normalized spacial score (nSPS) is 16.2. The fourth-order valence-electron chi connectivity index (χ4n) is 4.47. The summed E-state index contributed by atoms with van der Waals surface area (Å²) in [5.74, 6) is 1.75. The second-order valence-electron chi connectivity index (χ2n) is 9.73. The summed E-state index contributed by atoms with van der Waals surface area (Å²) in [5.41, 5.74) is 1.07. The molecule has 39 heavy (non-hydrogen) atoms. The van der Waals surface area contributed by atoms with Crippen LogP contribution in [0.5, 0.6) is 23.0 Å². The number of hydrogen-bond donors (Lipinski definition) is 2. The Labute approximate surface area is 230 Å². The minimum Gasteiger partial charge on any atom is -0.493 e. The lowest BCUT2D eigenvalue weighted by molar-refractivity contribution is 0.0608. The molecule has 3 rings (SSSR count). The van der Waals surface area contributed by atoms with Crippen molar-refractivity contribution in [2.24, 2.45) is 0 Å². The Hall–Kier alpha value is -3.18. The van der Waals surface area contributed by atoms with E-state index in [9.17, 15) is 19.8 Å². The molecule has 0 aromatic heterocycles. The van der Waals surface area contributed by atoms with E-state index in [0.717, 1.165) is 32.6 Å². The molecular formula is C29H40N2O8. The van der Waals surface area contributed by atoms with Gasteiger partial charge in [0.15, 0.2) is 34.6 Å². The van der Waals surface area contributed by atoms with Gasteiger partial charge in [-0.15, -0.1) is 0 Å². The fourth-order valence-corrected chi connectivity index (χ4v) is 4.47. The van der Waals surface area contributed by atoms with Crippen LogP contribution in [-0.2, 0) is 0 Å². The number of benzene rings is 2. The zero-order valence-corrected chi connectivity index (χ0v) is 23.2. The molecule has 2 aromatic carbocycles. The van der Waals surface area contributed by atoms with E-state index in [1.165, 1.54) is 28.1 Å². The zero-order chi connectivity index (χ0) is 28.4. The molecule has 0 amide bonds.